The van der Waals surface area contributed by atoms with Crippen LogP contribution in [-0.4, -0.2) is 67.8 Å². The zero-order valence-electron chi connectivity index (χ0n) is 18.5. The number of nitrogens with zero attached hydrogens (tertiary/aromatic N) is 3. The smallest absolute Gasteiger partial charge is 0.290 e. The topological polar surface area (TPSA) is 92.2 Å². The maximum atomic E-state index is 12.9. The van der Waals surface area contributed by atoms with Gasteiger partial charge in [-0.15, -0.1) is 0 Å². The van der Waals surface area contributed by atoms with Crippen molar-refractivity contribution in [3.63, 3.8) is 0 Å². The maximum Gasteiger partial charge on any atom is 0.290 e. The quantitative estimate of drug-likeness (QED) is 0.747. The second kappa shape index (κ2) is 10.3. The molecule has 1 aromatic heterocycles. The Kier molecular flexibility index (Phi) is 7.55. The monoisotopic (exact) mass is 429 g/mol. The van der Waals surface area contributed by atoms with Gasteiger partial charge in [-0.25, -0.2) is 4.98 Å². The third-order valence-electron chi connectivity index (χ3n) is 6.02. The van der Waals surface area contributed by atoms with E-state index in [0.29, 0.717) is 17.4 Å². The second-order valence-electron chi connectivity index (χ2n) is 7.94. The molecule has 2 saturated heterocycles. The van der Waals surface area contributed by atoms with Crippen molar-refractivity contribution >= 4 is 29.1 Å². The number of ether oxygens (including phenoxy) is 2. The molecule has 168 valence electrons. The number of carbonyl (C=O) groups is 2. The third-order valence-corrected chi connectivity index (χ3v) is 6.02. The predicted molar refractivity (Wildman–Crippen MR) is 119 cm³/mol. The highest BCUT2D eigenvalue weighted by Crippen LogP contribution is 2.35. The lowest BCUT2D eigenvalue weighted by Gasteiger charge is -2.35. The molecule has 1 aromatic carbocycles. The van der Waals surface area contributed by atoms with E-state index in [0.717, 1.165) is 74.1 Å². The van der Waals surface area contributed by atoms with E-state index in [9.17, 15) is 4.79 Å². The first kappa shape index (κ1) is 22.7. The first-order chi connectivity index (χ1) is 15.0. The summed E-state index contributed by atoms with van der Waals surface area (Å²) in [5.41, 5.74) is 2.04. The summed E-state index contributed by atoms with van der Waals surface area (Å²) in [6, 6.07) is 6.04. The number of aromatic nitrogens is 1. The third kappa shape index (κ3) is 5.00. The molecule has 2 fully saturated rings. The fraction of sp³-hybridized carbons (Fsp3) is 0.522. The lowest BCUT2D eigenvalue weighted by molar-refractivity contribution is -0.134. The highest BCUT2D eigenvalue weighted by atomic mass is 16.5. The number of pyridine rings is 1. The van der Waals surface area contributed by atoms with E-state index in [-0.39, 0.29) is 12.4 Å². The SMILES string of the molecule is COc1cc2nc(N3CCCC(C(=O)N4CCCC4)C3)cc(C)c2cc1OC.O=CO. The first-order valence-electron chi connectivity index (χ1n) is 10.7. The molecule has 1 N–H and O–H groups in total. The zero-order chi connectivity index (χ0) is 22.4. The minimum absolute atomic E-state index is 0.0788. The van der Waals surface area contributed by atoms with Crippen LogP contribution in [0, 0.1) is 12.8 Å². The Morgan fingerprint density at radius 2 is 1.74 bits per heavy atom. The van der Waals surface area contributed by atoms with Gasteiger partial charge < -0.3 is 24.4 Å². The van der Waals surface area contributed by atoms with E-state index >= 15 is 0 Å². The lowest BCUT2D eigenvalue weighted by atomic mass is 9.96. The van der Waals surface area contributed by atoms with Crippen molar-refractivity contribution in [2.75, 3.05) is 45.3 Å². The molecule has 0 radical (unpaired) electrons. The average Bonchev–Trinajstić information content (AvgIpc) is 3.33. The molecule has 8 heteroatoms. The number of carboxylic acid groups (broad SMARTS) is 1. The fourth-order valence-electron chi connectivity index (χ4n) is 4.45. The van der Waals surface area contributed by atoms with Gasteiger partial charge in [0.15, 0.2) is 11.5 Å². The van der Waals surface area contributed by atoms with Gasteiger partial charge in [0.2, 0.25) is 5.91 Å². The van der Waals surface area contributed by atoms with Crippen molar-refractivity contribution in [1.29, 1.82) is 0 Å². The number of fused-ring (bicyclic) bond motifs is 1. The molecule has 8 nitrogen and oxygen atoms in total. The van der Waals surface area contributed by atoms with Gasteiger partial charge in [-0.2, -0.15) is 0 Å². The summed E-state index contributed by atoms with van der Waals surface area (Å²) in [5.74, 6) is 2.74. The van der Waals surface area contributed by atoms with Gasteiger partial charge in [0.05, 0.1) is 25.7 Å². The minimum atomic E-state index is -0.250. The van der Waals surface area contributed by atoms with Crippen LogP contribution in [0.4, 0.5) is 5.82 Å². The van der Waals surface area contributed by atoms with E-state index in [1.165, 1.54) is 0 Å². The van der Waals surface area contributed by atoms with E-state index in [2.05, 4.69) is 17.9 Å². The number of hydrogen-bond donors (Lipinski definition) is 1. The van der Waals surface area contributed by atoms with Gasteiger partial charge in [0.1, 0.15) is 5.82 Å². The van der Waals surface area contributed by atoms with E-state index in [1.807, 2.05) is 17.0 Å². The number of piperidine rings is 1. The molecule has 3 heterocycles. The van der Waals surface area contributed by atoms with E-state index < -0.39 is 0 Å². The molecule has 1 unspecified atom stereocenters. The Labute approximate surface area is 182 Å². The van der Waals surface area contributed by atoms with Gasteiger partial charge >= 0.3 is 0 Å². The summed E-state index contributed by atoms with van der Waals surface area (Å²) in [5, 5.41) is 7.95. The Hall–Kier alpha value is -3.03. The fourth-order valence-corrected chi connectivity index (χ4v) is 4.45. The van der Waals surface area contributed by atoms with Crippen LogP contribution < -0.4 is 14.4 Å². The van der Waals surface area contributed by atoms with Crippen molar-refractivity contribution in [2.45, 2.75) is 32.6 Å². The minimum Gasteiger partial charge on any atom is -0.493 e. The molecule has 0 aliphatic carbocycles. The van der Waals surface area contributed by atoms with Crippen LogP contribution in [0.1, 0.15) is 31.2 Å². The Bertz CT molecular complexity index is 927. The van der Waals surface area contributed by atoms with E-state index in [1.54, 1.807) is 14.2 Å². The number of methoxy groups -OCH3 is 2. The number of likely N-dealkylation sites (tertiary alicyclic amines) is 1. The van der Waals surface area contributed by atoms with Crippen LogP contribution in [0.5, 0.6) is 11.5 Å². The van der Waals surface area contributed by atoms with Gasteiger partial charge in [-0.1, -0.05) is 0 Å². The molecule has 2 aliphatic rings. The van der Waals surface area contributed by atoms with Crippen LogP contribution in [0.3, 0.4) is 0 Å². The predicted octanol–water partition coefficient (Wildman–Crippen LogP) is 3.10. The molecular weight excluding hydrogens is 398 g/mol. The van der Waals surface area contributed by atoms with Crippen molar-refractivity contribution in [2.24, 2.45) is 5.92 Å². The number of amides is 1. The van der Waals surface area contributed by atoms with E-state index in [4.69, 9.17) is 24.4 Å². The molecule has 1 amide bonds. The molecule has 0 bridgehead atoms. The molecule has 0 saturated carbocycles. The maximum absolute atomic E-state index is 12.9. The molecule has 2 aromatic rings. The zero-order valence-corrected chi connectivity index (χ0v) is 18.5. The van der Waals surface area contributed by atoms with Gasteiger partial charge in [0.25, 0.3) is 6.47 Å². The summed E-state index contributed by atoms with van der Waals surface area (Å²) in [4.78, 5) is 30.4. The molecule has 2 aliphatic heterocycles. The van der Waals surface area contributed by atoms with Crippen LogP contribution >= 0.6 is 0 Å². The van der Waals surface area contributed by atoms with Gasteiger partial charge in [-0.3, -0.25) is 9.59 Å². The lowest BCUT2D eigenvalue weighted by Crippen LogP contribution is -2.44. The number of carbonyl (C=O) groups excluding carboxylic acids is 1. The number of rotatable bonds is 4. The van der Waals surface area contributed by atoms with Gasteiger partial charge in [0, 0.05) is 37.6 Å². The normalized spacial score (nSPS) is 18.4. The largest absolute Gasteiger partial charge is 0.493 e. The molecule has 0 spiro atoms. The number of anilines is 1. The Morgan fingerprint density at radius 1 is 1.10 bits per heavy atom. The van der Waals surface area contributed by atoms with Crippen molar-refractivity contribution in [1.82, 2.24) is 9.88 Å². The summed E-state index contributed by atoms with van der Waals surface area (Å²) in [7, 11) is 3.28. The van der Waals surface area contributed by atoms with Crippen LogP contribution in [0.2, 0.25) is 0 Å². The molecular formula is C23H31N3O5. The molecule has 31 heavy (non-hydrogen) atoms. The summed E-state index contributed by atoms with van der Waals surface area (Å²) >= 11 is 0. The van der Waals surface area contributed by atoms with Crippen LogP contribution in [0.25, 0.3) is 10.9 Å². The number of hydrogen-bond acceptors (Lipinski definition) is 6. The number of aryl methyl sites for hydroxylation is 1. The molecule has 4 rings (SSSR count). The highest BCUT2D eigenvalue weighted by molar-refractivity contribution is 5.87. The van der Waals surface area contributed by atoms with Crippen LogP contribution in [0.15, 0.2) is 18.2 Å². The second-order valence-corrected chi connectivity index (χ2v) is 7.94. The van der Waals surface area contributed by atoms with Crippen LogP contribution in [-0.2, 0) is 9.59 Å². The first-order valence-corrected chi connectivity index (χ1v) is 10.7. The summed E-state index contributed by atoms with van der Waals surface area (Å²) in [6.07, 6.45) is 4.27. The van der Waals surface area contributed by atoms with Gasteiger partial charge in [-0.05, 0) is 50.3 Å². The van der Waals surface area contributed by atoms with Crippen molar-refractivity contribution in [3.8, 4) is 11.5 Å². The Morgan fingerprint density at radius 3 is 2.39 bits per heavy atom. The van der Waals surface area contributed by atoms with Crippen molar-refractivity contribution < 1.29 is 24.2 Å². The summed E-state index contributed by atoms with van der Waals surface area (Å²) < 4.78 is 10.9. The Balaban J connectivity index is 0.000000858. The van der Waals surface area contributed by atoms with Crippen molar-refractivity contribution in [3.05, 3.63) is 23.8 Å². The highest BCUT2D eigenvalue weighted by Gasteiger charge is 2.31. The standard InChI is InChI=1S/C22H29N3O3.CH2O2/c1-15-11-21(23-18-13-20(28-3)19(27-2)12-17(15)18)25-10-6-7-16(14-25)22(26)24-8-4-5-9-24;2-1-3/h11-13,16H,4-10,14H2,1-3H3;1H,(H,2,3). The summed E-state index contributed by atoms with van der Waals surface area (Å²) in [6.45, 7) is 5.38. The number of benzene rings is 1. The average molecular weight is 430 g/mol. The molecule has 1 atom stereocenters.